The molecule has 0 aliphatic heterocycles. The van der Waals surface area contributed by atoms with E-state index in [-0.39, 0.29) is 13.2 Å². The fraction of sp³-hybridized carbons (Fsp3) is 0.0426. The number of hydrogen-bond acceptors (Lipinski definition) is 5. The molecule has 0 amide bonds. The van der Waals surface area contributed by atoms with Gasteiger partial charge in [-0.1, -0.05) is 110 Å². The van der Waals surface area contributed by atoms with Crippen molar-refractivity contribution >= 4 is 51.8 Å². The van der Waals surface area contributed by atoms with E-state index in [4.69, 9.17) is 15.6 Å². The summed E-state index contributed by atoms with van der Waals surface area (Å²) in [6.07, 6.45) is 9.21. The number of allylic oxidation sites excluding steroid dienone is 2. The van der Waals surface area contributed by atoms with Crippen LogP contribution in [0.25, 0.3) is 66.1 Å². The van der Waals surface area contributed by atoms with E-state index in [1.54, 1.807) is 6.08 Å². The maximum absolute atomic E-state index is 9.93. The van der Waals surface area contributed by atoms with E-state index in [1.165, 1.54) is 24.9 Å². The number of nitrogens with one attached hydrogen (secondary N) is 2. The van der Waals surface area contributed by atoms with Gasteiger partial charge in [-0.3, -0.25) is 4.99 Å². The molecule has 0 radical (unpaired) electrons. The van der Waals surface area contributed by atoms with Crippen LogP contribution in [-0.2, 0) is 4.74 Å². The van der Waals surface area contributed by atoms with Gasteiger partial charge in [-0.25, -0.2) is 0 Å². The Morgan fingerprint density at radius 2 is 1.06 bits per heavy atom. The first-order valence-corrected chi connectivity index (χ1v) is 16.8. The predicted molar refractivity (Wildman–Crippen MR) is 221 cm³/mol. The molecule has 0 fully saturated rings. The standard InChI is InChI=1S/C47H39N3O2/c1-32(30-51)22-40(28-48)47-43-17-11-10-16-42(43)46(41(29-49)23-33(2)31-52-21-20-50-3)44-19-18-36(27-45(44)47)39-25-37(34-12-6-4-7-13-34)24-38(26-39)35-14-8-5-9-15-35/h4-29,48-49,51H,1-3,30-31H2/b21-20-,40-22+,41-23+,48-28?,49-29?. The molecular formula is C47H39N3O2. The van der Waals surface area contributed by atoms with Gasteiger partial charge in [0.1, 0.15) is 12.9 Å². The summed E-state index contributed by atoms with van der Waals surface area (Å²) >= 11 is 0. The Morgan fingerprint density at radius 1 is 0.577 bits per heavy atom. The van der Waals surface area contributed by atoms with Crippen LogP contribution in [0.1, 0.15) is 11.1 Å². The number of aliphatic hydroxyl groups is 1. The molecule has 5 heteroatoms. The highest BCUT2D eigenvalue weighted by molar-refractivity contribution is 6.28. The van der Waals surface area contributed by atoms with Crippen LogP contribution in [0.2, 0.25) is 0 Å². The lowest BCUT2D eigenvalue weighted by atomic mass is 9.84. The van der Waals surface area contributed by atoms with Crippen LogP contribution in [-0.4, -0.2) is 37.5 Å². The first kappa shape index (κ1) is 35.1. The molecule has 3 N–H and O–H groups in total. The van der Waals surface area contributed by atoms with Crippen molar-refractivity contribution in [1.82, 2.24) is 0 Å². The van der Waals surface area contributed by atoms with Crippen LogP contribution in [0, 0.1) is 10.8 Å². The molecule has 0 saturated heterocycles. The molecule has 0 atom stereocenters. The Hall–Kier alpha value is -6.69. The molecule has 0 aliphatic rings. The highest BCUT2D eigenvalue weighted by Crippen LogP contribution is 2.42. The van der Waals surface area contributed by atoms with Gasteiger partial charge in [0, 0.05) is 23.6 Å². The smallest absolute Gasteiger partial charge is 0.112 e. The SMILES string of the molecule is C=N/C=C\OCC(=C)/C=C(\C=N)c1c2ccccc2c(/C(C=N)=C/C(=C)CO)c2cc(-c3cc(-c4ccccc4)cc(-c4ccccc4)c3)ccc12. The number of aliphatic hydroxyl groups excluding tert-OH is 1. The van der Waals surface area contributed by atoms with Gasteiger partial charge in [-0.15, -0.1) is 0 Å². The average Bonchev–Trinajstić information content (AvgIpc) is 3.20. The summed E-state index contributed by atoms with van der Waals surface area (Å²) in [6, 6.07) is 41.8. The summed E-state index contributed by atoms with van der Waals surface area (Å²) in [6.45, 7) is 11.6. The van der Waals surface area contributed by atoms with Crippen molar-refractivity contribution < 1.29 is 9.84 Å². The number of aliphatic imine (C=N–C) groups is 1. The number of nitrogens with zero attached hydrogens (tertiary/aromatic N) is 1. The first-order valence-electron chi connectivity index (χ1n) is 16.8. The molecule has 0 unspecified atom stereocenters. The summed E-state index contributed by atoms with van der Waals surface area (Å²) in [4.78, 5) is 3.67. The minimum atomic E-state index is -0.228. The van der Waals surface area contributed by atoms with Gasteiger partial charge in [0.15, 0.2) is 0 Å². The van der Waals surface area contributed by atoms with E-state index in [0.717, 1.165) is 66.1 Å². The van der Waals surface area contributed by atoms with E-state index in [9.17, 15) is 5.11 Å². The minimum Gasteiger partial charge on any atom is -0.495 e. The lowest BCUT2D eigenvalue weighted by molar-refractivity contribution is 0.283. The highest BCUT2D eigenvalue weighted by atomic mass is 16.5. The second-order valence-electron chi connectivity index (χ2n) is 12.3. The van der Waals surface area contributed by atoms with Crippen LogP contribution >= 0.6 is 0 Å². The third kappa shape index (κ3) is 7.55. The Bertz CT molecular complexity index is 2360. The number of benzene rings is 6. The van der Waals surface area contributed by atoms with E-state index < -0.39 is 0 Å². The molecular weight excluding hydrogens is 639 g/mol. The number of rotatable bonds is 14. The third-order valence-corrected chi connectivity index (χ3v) is 8.85. The van der Waals surface area contributed by atoms with Crippen LogP contribution in [0.4, 0.5) is 0 Å². The monoisotopic (exact) mass is 677 g/mol. The van der Waals surface area contributed by atoms with Gasteiger partial charge >= 0.3 is 0 Å². The van der Waals surface area contributed by atoms with Crippen LogP contribution in [0.5, 0.6) is 0 Å². The summed E-state index contributed by atoms with van der Waals surface area (Å²) in [5.41, 5.74) is 10.6. The van der Waals surface area contributed by atoms with E-state index in [0.29, 0.717) is 22.3 Å². The van der Waals surface area contributed by atoms with Gasteiger partial charge in [-0.05, 0) is 120 Å². The fourth-order valence-corrected chi connectivity index (χ4v) is 6.51. The van der Waals surface area contributed by atoms with Crippen LogP contribution in [0.15, 0.2) is 175 Å². The minimum absolute atomic E-state index is 0.215. The van der Waals surface area contributed by atoms with E-state index in [2.05, 4.69) is 110 Å². The summed E-state index contributed by atoms with van der Waals surface area (Å²) < 4.78 is 5.56. The van der Waals surface area contributed by atoms with Crippen LogP contribution < -0.4 is 0 Å². The Morgan fingerprint density at radius 3 is 1.58 bits per heavy atom. The quantitative estimate of drug-likeness (QED) is 0.0463. The van der Waals surface area contributed by atoms with Gasteiger partial charge < -0.3 is 20.7 Å². The maximum atomic E-state index is 9.93. The summed E-state index contributed by atoms with van der Waals surface area (Å²) in [5.74, 6) is 0. The molecule has 0 spiro atoms. The number of fused-ring (bicyclic) bond motifs is 2. The molecule has 0 heterocycles. The average molecular weight is 678 g/mol. The van der Waals surface area contributed by atoms with Crippen molar-refractivity contribution in [3.05, 3.63) is 181 Å². The van der Waals surface area contributed by atoms with Crippen molar-refractivity contribution in [3.63, 3.8) is 0 Å². The largest absolute Gasteiger partial charge is 0.495 e. The van der Waals surface area contributed by atoms with Crippen molar-refractivity contribution in [2.24, 2.45) is 4.99 Å². The normalized spacial score (nSPS) is 11.9. The highest BCUT2D eigenvalue weighted by Gasteiger charge is 2.19. The Labute approximate surface area is 304 Å². The zero-order valence-electron chi connectivity index (χ0n) is 28.8. The van der Waals surface area contributed by atoms with Crippen molar-refractivity contribution in [3.8, 4) is 33.4 Å². The van der Waals surface area contributed by atoms with Crippen LogP contribution in [0.3, 0.4) is 0 Å². The molecule has 0 saturated carbocycles. The number of hydrogen-bond donors (Lipinski definition) is 3. The molecule has 254 valence electrons. The second kappa shape index (κ2) is 16.3. The van der Waals surface area contributed by atoms with Gasteiger partial charge in [0.25, 0.3) is 0 Å². The lowest BCUT2D eigenvalue weighted by Gasteiger charge is -2.20. The molecule has 0 aliphatic carbocycles. The molecule has 6 rings (SSSR count). The van der Waals surface area contributed by atoms with Gasteiger partial charge in [-0.2, -0.15) is 0 Å². The Balaban J connectivity index is 1.66. The van der Waals surface area contributed by atoms with Gasteiger partial charge in [0.2, 0.25) is 0 Å². The topological polar surface area (TPSA) is 89.5 Å². The Kier molecular flexibility index (Phi) is 11.0. The maximum Gasteiger partial charge on any atom is 0.112 e. The molecule has 6 aromatic rings. The third-order valence-electron chi connectivity index (χ3n) is 8.85. The molecule has 5 nitrogen and oxygen atoms in total. The lowest BCUT2D eigenvalue weighted by Crippen LogP contribution is -2.00. The zero-order chi connectivity index (χ0) is 36.5. The molecule has 0 bridgehead atoms. The van der Waals surface area contributed by atoms with Gasteiger partial charge in [0.05, 0.1) is 12.8 Å². The van der Waals surface area contributed by atoms with Crippen molar-refractivity contribution in [1.29, 1.82) is 10.8 Å². The molecule has 52 heavy (non-hydrogen) atoms. The van der Waals surface area contributed by atoms with E-state index in [1.807, 2.05) is 42.5 Å². The van der Waals surface area contributed by atoms with Crippen molar-refractivity contribution in [2.45, 2.75) is 0 Å². The zero-order valence-corrected chi connectivity index (χ0v) is 28.8. The number of ether oxygens (including phenoxy) is 1. The summed E-state index contributed by atoms with van der Waals surface area (Å²) in [5, 5.41) is 30.6. The second-order valence-corrected chi connectivity index (χ2v) is 12.3. The van der Waals surface area contributed by atoms with Crippen molar-refractivity contribution in [2.75, 3.05) is 13.2 Å². The predicted octanol–water partition coefficient (Wildman–Crippen LogP) is 11.4. The fourth-order valence-electron chi connectivity index (χ4n) is 6.51. The van der Waals surface area contributed by atoms with E-state index >= 15 is 0 Å². The molecule has 6 aromatic carbocycles. The molecule has 0 aromatic heterocycles. The summed E-state index contributed by atoms with van der Waals surface area (Å²) in [7, 11) is 0. The first-order chi connectivity index (χ1) is 25.4.